The average Bonchev–Trinajstić information content (AvgIpc) is 2.35. The molecule has 2 rings (SSSR count). The van der Waals surface area contributed by atoms with Crippen LogP contribution in [0.15, 0.2) is 40.9 Å². The van der Waals surface area contributed by atoms with Crippen molar-refractivity contribution in [1.82, 2.24) is 0 Å². The minimum atomic E-state index is -0.166. The fraction of sp³-hybridized carbons (Fsp3) is 0.214. The average molecular weight is 293 g/mol. The fourth-order valence-electron chi connectivity index (χ4n) is 1.77. The van der Waals surface area contributed by atoms with E-state index >= 15 is 0 Å². The summed E-state index contributed by atoms with van der Waals surface area (Å²) >= 11 is 3.45. The predicted octanol–water partition coefficient (Wildman–Crippen LogP) is 3.71. The Morgan fingerprint density at radius 2 is 1.88 bits per heavy atom. The van der Waals surface area contributed by atoms with E-state index in [4.69, 9.17) is 0 Å². The van der Waals surface area contributed by atoms with E-state index in [9.17, 15) is 4.79 Å². The van der Waals surface area contributed by atoms with Crippen molar-refractivity contribution < 1.29 is 9.53 Å². The van der Waals surface area contributed by atoms with Gasteiger partial charge >= 0.3 is 5.97 Å². The molecule has 0 fully saturated rings. The lowest BCUT2D eigenvalue weighted by atomic mass is 10.0. The van der Waals surface area contributed by atoms with Gasteiger partial charge in [0.1, 0.15) is 0 Å². The van der Waals surface area contributed by atoms with Gasteiger partial charge in [0, 0.05) is 10.9 Å². The second-order valence-corrected chi connectivity index (χ2v) is 4.82. The quantitative estimate of drug-likeness (QED) is 0.806. The predicted molar refractivity (Wildman–Crippen MR) is 72.0 cm³/mol. The molecule has 0 aliphatic carbocycles. The van der Waals surface area contributed by atoms with Crippen LogP contribution in [0.25, 0.3) is 10.8 Å². The van der Waals surface area contributed by atoms with Gasteiger partial charge in [0.15, 0.2) is 0 Å². The molecule has 2 nitrogen and oxygen atoms in total. The number of benzene rings is 2. The molecule has 2 aromatic rings. The number of carbonyl (C=O) groups is 1. The van der Waals surface area contributed by atoms with Crippen LogP contribution in [0.4, 0.5) is 0 Å². The van der Waals surface area contributed by atoms with Crippen LogP contribution >= 0.6 is 15.9 Å². The first kappa shape index (κ1) is 12.1. The molecule has 0 saturated carbocycles. The molecule has 3 heteroatoms. The van der Waals surface area contributed by atoms with E-state index < -0.39 is 0 Å². The Balaban J connectivity index is 2.20. The maximum Gasteiger partial charge on any atom is 0.305 e. The Morgan fingerprint density at radius 1 is 1.18 bits per heavy atom. The molecule has 17 heavy (non-hydrogen) atoms. The van der Waals surface area contributed by atoms with Crippen LogP contribution in [0.5, 0.6) is 0 Å². The van der Waals surface area contributed by atoms with Crippen molar-refractivity contribution in [3.8, 4) is 0 Å². The van der Waals surface area contributed by atoms with Gasteiger partial charge in [0.2, 0.25) is 0 Å². The molecule has 0 radical (unpaired) electrons. The zero-order valence-electron chi connectivity index (χ0n) is 9.57. The monoisotopic (exact) mass is 292 g/mol. The number of hydrogen-bond donors (Lipinski definition) is 0. The molecule has 0 unspecified atom stereocenters. The van der Waals surface area contributed by atoms with Crippen molar-refractivity contribution in [2.45, 2.75) is 12.8 Å². The van der Waals surface area contributed by atoms with Crippen molar-refractivity contribution in [3.63, 3.8) is 0 Å². The molecular weight excluding hydrogens is 280 g/mol. The largest absolute Gasteiger partial charge is 0.469 e. The second kappa shape index (κ2) is 5.32. The first-order valence-corrected chi connectivity index (χ1v) is 6.23. The summed E-state index contributed by atoms with van der Waals surface area (Å²) in [7, 11) is 1.42. The SMILES string of the molecule is COC(=O)CCc1ccc2cc(Br)ccc2c1. The highest BCUT2D eigenvalue weighted by molar-refractivity contribution is 9.10. The summed E-state index contributed by atoms with van der Waals surface area (Å²) in [6, 6.07) is 12.4. The first-order valence-electron chi connectivity index (χ1n) is 5.44. The smallest absolute Gasteiger partial charge is 0.305 e. The maximum absolute atomic E-state index is 11.1. The summed E-state index contributed by atoms with van der Waals surface area (Å²) < 4.78 is 5.71. The van der Waals surface area contributed by atoms with Crippen molar-refractivity contribution in [2.24, 2.45) is 0 Å². The summed E-state index contributed by atoms with van der Waals surface area (Å²) in [5.41, 5.74) is 1.16. The molecule has 2 aromatic carbocycles. The van der Waals surface area contributed by atoms with E-state index in [0.29, 0.717) is 6.42 Å². The molecule has 0 aliphatic heterocycles. The van der Waals surface area contributed by atoms with Gasteiger partial charge in [-0.3, -0.25) is 4.79 Å². The Labute approximate surface area is 109 Å². The van der Waals surface area contributed by atoms with Gasteiger partial charge in [-0.2, -0.15) is 0 Å². The third-order valence-corrected chi connectivity index (χ3v) is 3.21. The highest BCUT2D eigenvalue weighted by atomic mass is 79.9. The van der Waals surface area contributed by atoms with Gasteiger partial charge in [0.05, 0.1) is 7.11 Å². The Kier molecular flexibility index (Phi) is 3.79. The van der Waals surface area contributed by atoms with Crippen molar-refractivity contribution in [2.75, 3.05) is 7.11 Å². The molecule has 0 N–H and O–H groups in total. The molecule has 88 valence electrons. The van der Waals surface area contributed by atoms with Gasteiger partial charge in [-0.05, 0) is 34.9 Å². The van der Waals surface area contributed by atoms with Crippen LogP contribution in [0.3, 0.4) is 0 Å². The van der Waals surface area contributed by atoms with E-state index in [1.807, 2.05) is 6.07 Å². The molecule has 0 aromatic heterocycles. The van der Waals surface area contributed by atoms with Crippen LogP contribution in [0.2, 0.25) is 0 Å². The van der Waals surface area contributed by atoms with E-state index in [-0.39, 0.29) is 5.97 Å². The topological polar surface area (TPSA) is 26.3 Å². The lowest BCUT2D eigenvalue weighted by molar-refractivity contribution is -0.140. The van der Waals surface area contributed by atoms with Crippen LogP contribution < -0.4 is 0 Å². The van der Waals surface area contributed by atoms with Crippen molar-refractivity contribution in [1.29, 1.82) is 0 Å². The normalized spacial score (nSPS) is 10.5. The zero-order chi connectivity index (χ0) is 12.3. The number of aryl methyl sites for hydroxylation is 1. The Bertz CT molecular complexity index is 549. The van der Waals surface area contributed by atoms with Gasteiger partial charge in [0.25, 0.3) is 0 Å². The molecular formula is C14H13BrO2. The third kappa shape index (κ3) is 3.07. The van der Waals surface area contributed by atoms with Gasteiger partial charge in [-0.1, -0.05) is 40.2 Å². The molecule has 0 amide bonds. The molecule has 0 heterocycles. The van der Waals surface area contributed by atoms with Gasteiger partial charge < -0.3 is 4.74 Å². The van der Waals surface area contributed by atoms with Crippen LogP contribution in [-0.2, 0) is 16.0 Å². The van der Waals surface area contributed by atoms with Crippen molar-refractivity contribution >= 4 is 32.7 Å². The first-order chi connectivity index (χ1) is 8.19. The Hall–Kier alpha value is -1.35. The van der Waals surface area contributed by atoms with E-state index in [0.717, 1.165) is 16.5 Å². The summed E-state index contributed by atoms with van der Waals surface area (Å²) in [5.74, 6) is -0.166. The molecule has 0 saturated heterocycles. The number of hydrogen-bond acceptors (Lipinski definition) is 2. The highest BCUT2D eigenvalue weighted by Gasteiger charge is 2.02. The third-order valence-electron chi connectivity index (χ3n) is 2.71. The number of carbonyl (C=O) groups excluding carboxylic acids is 1. The highest BCUT2D eigenvalue weighted by Crippen LogP contribution is 2.21. The minimum absolute atomic E-state index is 0.166. The van der Waals surface area contributed by atoms with Gasteiger partial charge in [-0.25, -0.2) is 0 Å². The van der Waals surface area contributed by atoms with Crippen LogP contribution in [0.1, 0.15) is 12.0 Å². The number of rotatable bonds is 3. The molecule has 0 aliphatic rings. The van der Waals surface area contributed by atoms with Crippen LogP contribution in [0, 0.1) is 0 Å². The summed E-state index contributed by atoms with van der Waals surface area (Å²) in [4.78, 5) is 11.1. The number of ether oxygens (including phenoxy) is 1. The van der Waals surface area contributed by atoms with E-state index in [1.165, 1.54) is 17.9 Å². The molecule has 0 bridgehead atoms. The fourth-order valence-corrected chi connectivity index (χ4v) is 2.15. The maximum atomic E-state index is 11.1. The van der Waals surface area contributed by atoms with Gasteiger partial charge in [-0.15, -0.1) is 0 Å². The number of fused-ring (bicyclic) bond motifs is 1. The van der Waals surface area contributed by atoms with E-state index in [1.54, 1.807) is 0 Å². The number of esters is 1. The Morgan fingerprint density at radius 3 is 2.65 bits per heavy atom. The summed E-state index contributed by atoms with van der Waals surface area (Å²) in [5, 5.41) is 2.39. The van der Waals surface area contributed by atoms with Crippen molar-refractivity contribution in [3.05, 3.63) is 46.4 Å². The zero-order valence-corrected chi connectivity index (χ0v) is 11.2. The summed E-state index contributed by atoms with van der Waals surface area (Å²) in [6.07, 6.45) is 1.15. The lowest BCUT2D eigenvalue weighted by Gasteiger charge is -2.04. The molecule has 0 atom stereocenters. The van der Waals surface area contributed by atoms with Crippen LogP contribution in [-0.4, -0.2) is 13.1 Å². The molecule has 0 spiro atoms. The number of methoxy groups -OCH3 is 1. The minimum Gasteiger partial charge on any atom is -0.469 e. The standard InChI is InChI=1S/C14H13BrO2/c1-17-14(16)7-3-10-2-4-12-9-13(15)6-5-11(12)8-10/h2,4-6,8-9H,3,7H2,1H3. The summed E-state index contributed by atoms with van der Waals surface area (Å²) in [6.45, 7) is 0. The second-order valence-electron chi connectivity index (χ2n) is 3.90. The lowest BCUT2D eigenvalue weighted by Crippen LogP contribution is -2.01. The number of halogens is 1. The van der Waals surface area contributed by atoms with E-state index in [2.05, 4.69) is 51.0 Å².